The molecular weight excluding hydrogens is 484 g/mol. The first-order chi connectivity index (χ1) is 19.1. The third kappa shape index (κ3) is 9.32. The lowest BCUT2D eigenvalue weighted by Crippen LogP contribution is -2.50. The van der Waals surface area contributed by atoms with Crippen molar-refractivity contribution in [3.63, 3.8) is 0 Å². The molecule has 1 atom stereocenters. The van der Waals surface area contributed by atoms with Crippen molar-refractivity contribution < 1.29 is 9.59 Å². The Bertz CT molecular complexity index is 1090. The highest BCUT2D eigenvalue weighted by atomic mass is 16.2. The Labute approximate surface area is 233 Å². The molecule has 6 nitrogen and oxygen atoms in total. The number of benzene rings is 2. The fraction of sp³-hybridized carbons (Fsp3) is 0.424. The number of carbonyl (C=O) groups excluding carboxylic acids is 2. The van der Waals surface area contributed by atoms with Crippen LogP contribution in [0.2, 0.25) is 0 Å². The minimum atomic E-state index is -0.585. The van der Waals surface area contributed by atoms with Gasteiger partial charge in [-0.25, -0.2) is 0 Å². The molecule has 1 aliphatic heterocycles. The molecule has 3 aromatic rings. The van der Waals surface area contributed by atoms with E-state index < -0.39 is 6.04 Å². The van der Waals surface area contributed by atoms with E-state index >= 15 is 0 Å². The standard InChI is InChI=1S/C33H42N4O2/c34-31(24-28-16-9-21-35-25-28)33(39)37-22-19-29(20-23-37)32(38)36-30(17-7-14-26-10-3-1-4-11-26)18-8-15-27-12-5-2-6-13-27/h1-6,9-13,16,21,25,29-31H,7-8,14-15,17-20,22-24,34H2,(H,36,38)/t31-/m0/s1. The van der Waals surface area contributed by atoms with Crippen molar-refractivity contribution in [2.45, 2.75) is 69.9 Å². The molecule has 1 saturated heterocycles. The van der Waals surface area contributed by atoms with Gasteiger partial charge in [0, 0.05) is 37.4 Å². The van der Waals surface area contributed by atoms with Gasteiger partial charge < -0.3 is 16.0 Å². The molecule has 206 valence electrons. The van der Waals surface area contributed by atoms with Gasteiger partial charge in [0.1, 0.15) is 0 Å². The van der Waals surface area contributed by atoms with E-state index in [0.29, 0.717) is 32.4 Å². The third-order valence-electron chi connectivity index (χ3n) is 7.74. The van der Waals surface area contributed by atoms with Crippen LogP contribution in [-0.4, -0.2) is 46.9 Å². The van der Waals surface area contributed by atoms with Crippen LogP contribution in [0.1, 0.15) is 55.2 Å². The highest BCUT2D eigenvalue weighted by molar-refractivity contribution is 5.83. The van der Waals surface area contributed by atoms with Crippen LogP contribution in [0, 0.1) is 5.92 Å². The second-order valence-corrected chi connectivity index (χ2v) is 10.7. The van der Waals surface area contributed by atoms with Crippen LogP contribution < -0.4 is 11.1 Å². The van der Waals surface area contributed by atoms with Crippen LogP contribution in [0.25, 0.3) is 0 Å². The average molecular weight is 527 g/mol. The normalized spacial score (nSPS) is 14.8. The van der Waals surface area contributed by atoms with Gasteiger partial charge in [-0.3, -0.25) is 14.6 Å². The Morgan fingerprint density at radius 3 is 1.95 bits per heavy atom. The predicted octanol–water partition coefficient (Wildman–Crippen LogP) is 4.72. The summed E-state index contributed by atoms with van der Waals surface area (Å²) in [5, 5.41) is 3.38. The molecule has 0 bridgehead atoms. The number of aryl methyl sites for hydroxylation is 2. The first kappa shape index (κ1) is 28.5. The number of nitrogens with zero attached hydrogens (tertiary/aromatic N) is 2. The number of amides is 2. The van der Waals surface area contributed by atoms with Gasteiger partial charge in [-0.05, 0) is 80.5 Å². The molecule has 0 spiro atoms. The maximum atomic E-state index is 13.3. The molecular formula is C33H42N4O2. The Kier molecular flexibility index (Phi) is 11.1. The maximum absolute atomic E-state index is 13.3. The first-order valence-corrected chi connectivity index (χ1v) is 14.4. The Balaban J connectivity index is 1.25. The van der Waals surface area contributed by atoms with Crippen molar-refractivity contribution in [3.8, 4) is 0 Å². The van der Waals surface area contributed by atoms with Gasteiger partial charge in [0.05, 0.1) is 6.04 Å². The van der Waals surface area contributed by atoms with E-state index in [9.17, 15) is 9.59 Å². The smallest absolute Gasteiger partial charge is 0.239 e. The zero-order valence-electron chi connectivity index (χ0n) is 22.9. The molecule has 6 heteroatoms. The number of nitrogens with two attached hydrogens (primary N) is 1. The predicted molar refractivity (Wildman–Crippen MR) is 156 cm³/mol. The van der Waals surface area contributed by atoms with Crippen LogP contribution in [0.15, 0.2) is 85.2 Å². The van der Waals surface area contributed by atoms with Crippen molar-refractivity contribution >= 4 is 11.8 Å². The summed E-state index contributed by atoms with van der Waals surface area (Å²) < 4.78 is 0. The lowest BCUT2D eigenvalue weighted by atomic mass is 9.93. The molecule has 0 unspecified atom stereocenters. The molecule has 0 aliphatic carbocycles. The minimum Gasteiger partial charge on any atom is -0.353 e. The summed E-state index contributed by atoms with van der Waals surface area (Å²) in [6.45, 7) is 1.15. The summed E-state index contributed by atoms with van der Waals surface area (Å²) in [6.07, 6.45) is 11.4. The largest absolute Gasteiger partial charge is 0.353 e. The summed E-state index contributed by atoms with van der Waals surface area (Å²) in [5.41, 5.74) is 9.85. The molecule has 3 N–H and O–H groups in total. The SMILES string of the molecule is N[C@@H](Cc1cccnc1)C(=O)N1CCC(C(=O)NC(CCCc2ccccc2)CCCc2ccccc2)CC1. The molecule has 0 saturated carbocycles. The van der Waals surface area contributed by atoms with Gasteiger partial charge in [0.15, 0.2) is 0 Å². The molecule has 0 radical (unpaired) electrons. The van der Waals surface area contributed by atoms with Gasteiger partial charge in [-0.1, -0.05) is 66.7 Å². The number of carbonyl (C=O) groups is 2. The topological polar surface area (TPSA) is 88.3 Å². The highest BCUT2D eigenvalue weighted by Gasteiger charge is 2.30. The second-order valence-electron chi connectivity index (χ2n) is 10.7. The van der Waals surface area contributed by atoms with Gasteiger partial charge in [0.25, 0.3) is 0 Å². The van der Waals surface area contributed by atoms with Crippen LogP contribution in [0.3, 0.4) is 0 Å². The maximum Gasteiger partial charge on any atom is 0.239 e. The lowest BCUT2D eigenvalue weighted by molar-refractivity contribution is -0.136. The summed E-state index contributed by atoms with van der Waals surface area (Å²) in [4.78, 5) is 32.1. The Hall–Kier alpha value is -3.51. The molecule has 1 aliphatic rings. The first-order valence-electron chi connectivity index (χ1n) is 14.4. The van der Waals surface area contributed by atoms with Crippen molar-refractivity contribution in [2.75, 3.05) is 13.1 Å². The zero-order chi connectivity index (χ0) is 27.3. The van der Waals surface area contributed by atoms with E-state index in [-0.39, 0.29) is 23.8 Å². The van der Waals surface area contributed by atoms with Gasteiger partial charge in [0.2, 0.25) is 11.8 Å². The lowest BCUT2D eigenvalue weighted by Gasteiger charge is -2.33. The Morgan fingerprint density at radius 2 is 1.41 bits per heavy atom. The molecule has 4 rings (SSSR count). The molecule has 1 aromatic heterocycles. The fourth-order valence-electron chi connectivity index (χ4n) is 5.46. The quantitative estimate of drug-likeness (QED) is 0.337. The van der Waals surface area contributed by atoms with Crippen LogP contribution in [0.5, 0.6) is 0 Å². The van der Waals surface area contributed by atoms with Crippen LogP contribution in [0.4, 0.5) is 0 Å². The number of hydrogen-bond acceptors (Lipinski definition) is 4. The van der Waals surface area contributed by atoms with E-state index in [4.69, 9.17) is 5.73 Å². The second kappa shape index (κ2) is 15.2. The summed E-state index contributed by atoms with van der Waals surface area (Å²) in [5.74, 6) is 0.0259. The molecule has 2 heterocycles. The number of likely N-dealkylation sites (tertiary alicyclic amines) is 1. The van der Waals surface area contributed by atoms with E-state index in [1.165, 1.54) is 11.1 Å². The average Bonchev–Trinajstić information content (AvgIpc) is 2.98. The monoisotopic (exact) mass is 526 g/mol. The van der Waals surface area contributed by atoms with E-state index in [1.807, 2.05) is 29.2 Å². The van der Waals surface area contributed by atoms with E-state index in [1.54, 1.807) is 12.4 Å². The Morgan fingerprint density at radius 1 is 0.846 bits per heavy atom. The highest BCUT2D eigenvalue weighted by Crippen LogP contribution is 2.20. The van der Waals surface area contributed by atoms with Crippen molar-refractivity contribution in [3.05, 3.63) is 102 Å². The third-order valence-corrected chi connectivity index (χ3v) is 7.74. The van der Waals surface area contributed by atoms with E-state index in [2.05, 4.69) is 58.8 Å². The zero-order valence-corrected chi connectivity index (χ0v) is 22.9. The van der Waals surface area contributed by atoms with Crippen molar-refractivity contribution in [1.82, 2.24) is 15.2 Å². The molecule has 39 heavy (non-hydrogen) atoms. The minimum absolute atomic E-state index is 0.0441. The van der Waals surface area contributed by atoms with E-state index in [0.717, 1.165) is 44.1 Å². The number of aromatic nitrogens is 1. The number of nitrogens with one attached hydrogen (secondary N) is 1. The fourth-order valence-corrected chi connectivity index (χ4v) is 5.46. The number of rotatable bonds is 13. The van der Waals surface area contributed by atoms with Crippen LogP contribution in [-0.2, 0) is 28.9 Å². The van der Waals surface area contributed by atoms with Crippen molar-refractivity contribution in [1.29, 1.82) is 0 Å². The molecule has 2 aromatic carbocycles. The van der Waals surface area contributed by atoms with Gasteiger partial charge in [-0.15, -0.1) is 0 Å². The van der Waals surface area contributed by atoms with Crippen LogP contribution >= 0.6 is 0 Å². The summed E-state index contributed by atoms with van der Waals surface area (Å²) in [7, 11) is 0. The summed E-state index contributed by atoms with van der Waals surface area (Å²) in [6, 6.07) is 24.5. The van der Waals surface area contributed by atoms with Gasteiger partial charge in [-0.2, -0.15) is 0 Å². The molecule has 2 amide bonds. The number of pyridine rings is 1. The van der Waals surface area contributed by atoms with Crippen molar-refractivity contribution in [2.24, 2.45) is 11.7 Å². The molecule has 1 fully saturated rings. The number of hydrogen-bond donors (Lipinski definition) is 2. The summed E-state index contributed by atoms with van der Waals surface area (Å²) >= 11 is 0. The van der Waals surface area contributed by atoms with Gasteiger partial charge >= 0.3 is 0 Å². The number of piperidine rings is 1.